The minimum absolute atomic E-state index is 0.196. The molecule has 1 aromatic heterocycles. The van der Waals surface area contributed by atoms with Crippen LogP contribution in [-0.2, 0) is 24.3 Å². The highest BCUT2D eigenvalue weighted by atomic mass is 16.4. The topological polar surface area (TPSA) is 75.4 Å². The predicted octanol–water partition coefficient (Wildman–Crippen LogP) is 2.58. The molecule has 6 heteroatoms. The van der Waals surface area contributed by atoms with Crippen molar-refractivity contribution in [2.45, 2.75) is 25.6 Å². The van der Waals surface area contributed by atoms with Gasteiger partial charge in [0.1, 0.15) is 6.04 Å². The van der Waals surface area contributed by atoms with Crippen molar-refractivity contribution < 1.29 is 14.7 Å². The molecule has 0 aliphatic carbocycles. The zero-order valence-corrected chi connectivity index (χ0v) is 14.7. The Bertz CT molecular complexity index is 967. The highest BCUT2D eigenvalue weighted by Gasteiger charge is 2.37. The van der Waals surface area contributed by atoms with Gasteiger partial charge in [-0.3, -0.25) is 4.79 Å². The van der Waals surface area contributed by atoms with Crippen LogP contribution in [0.3, 0.4) is 0 Å². The molecule has 1 N–H and O–H groups in total. The van der Waals surface area contributed by atoms with Gasteiger partial charge in [-0.25, -0.2) is 9.78 Å². The first-order valence-electron chi connectivity index (χ1n) is 8.79. The van der Waals surface area contributed by atoms with Crippen LogP contribution in [0.2, 0.25) is 0 Å². The molecule has 1 atom stereocenters. The van der Waals surface area contributed by atoms with Crippen LogP contribution in [0.15, 0.2) is 67.0 Å². The number of nitrogens with zero attached hydrogens (tertiary/aromatic N) is 3. The number of carboxylic acid groups (broad SMARTS) is 1. The number of carbonyl (C=O) groups is 2. The van der Waals surface area contributed by atoms with E-state index in [1.165, 1.54) is 4.90 Å². The molecule has 2 heterocycles. The first-order chi connectivity index (χ1) is 13.1. The number of hydrogen-bond donors (Lipinski definition) is 1. The summed E-state index contributed by atoms with van der Waals surface area (Å²) in [6, 6.07) is 17.8. The predicted molar refractivity (Wildman–Crippen MR) is 99.2 cm³/mol. The van der Waals surface area contributed by atoms with Crippen LogP contribution < -0.4 is 0 Å². The van der Waals surface area contributed by atoms with Gasteiger partial charge in [-0.2, -0.15) is 0 Å². The molecule has 1 aliphatic rings. The molecule has 136 valence electrons. The Labute approximate surface area is 156 Å². The number of benzene rings is 2. The third kappa shape index (κ3) is 3.33. The fourth-order valence-electron chi connectivity index (χ4n) is 3.48. The van der Waals surface area contributed by atoms with Gasteiger partial charge in [0.2, 0.25) is 0 Å². The Morgan fingerprint density at radius 2 is 1.70 bits per heavy atom. The molecule has 1 aliphatic heterocycles. The third-order valence-corrected chi connectivity index (χ3v) is 4.88. The molecule has 1 unspecified atom stereocenters. The van der Waals surface area contributed by atoms with Gasteiger partial charge in [-0.15, -0.1) is 0 Å². The average molecular weight is 361 g/mol. The van der Waals surface area contributed by atoms with Gasteiger partial charge in [0.05, 0.1) is 18.6 Å². The molecule has 27 heavy (non-hydrogen) atoms. The van der Waals surface area contributed by atoms with Crippen LogP contribution in [0.25, 0.3) is 0 Å². The number of hydrogen-bond acceptors (Lipinski definition) is 3. The lowest BCUT2D eigenvalue weighted by Gasteiger charge is -2.33. The highest BCUT2D eigenvalue weighted by Crippen LogP contribution is 2.25. The quantitative estimate of drug-likeness (QED) is 0.775. The molecule has 6 nitrogen and oxygen atoms in total. The molecule has 0 bridgehead atoms. The van der Waals surface area contributed by atoms with Gasteiger partial charge in [-0.05, 0) is 17.7 Å². The Balaban J connectivity index is 1.64. The van der Waals surface area contributed by atoms with Gasteiger partial charge in [0, 0.05) is 24.2 Å². The normalized spacial score (nSPS) is 16.0. The molecule has 0 radical (unpaired) electrons. The minimum Gasteiger partial charge on any atom is -0.480 e. The maximum Gasteiger partial charge on any atom is 0.326 e. The zero-order valence-electron chi connectivity index (χ0n) is 14.7. The summed E-state index contributed by atoms with van der Waals surface area (Å²) in [6.07, 6.45) is 1.98. The average Bonchev–Trinajstić information content (AvgIpc) is 3.09. The van der Waals surface area contributed by atoms with Crippen LogP contribution in [0.5, 0.6) is 0 Å². The van der Waals surface area contributed by atoms with Crippen molar-refractivity contribution in [1.82, 2.24) is 14.5 Å². The summed E-state index contributed by atoms with van der Waals surface area (Å²) in [4.78, 5) is 30.6. The smallest absolute Gasteiger partial charge is 0.326 e. The van der Waals surface area contributed by atoms with Gasteiger partial charge >= 0.3 is 5.97 Å². The van der Waals surface area contributed by atoms with Crippen LogP contribution in [-0.4, -0.2) is 37.5 Å². The van der Waals surface area contributed by atoms with E-state index in [2.05, 4.69) is 4.98 Å². The molecular formula is C21H19N3O3. The highest BCUT2D eigenvalue weighted by molar-refractivity contribution is 5.96. The maximum absolute atomic E-state index is 12.9. The Hall–Kier alpha value is -3.41. The maximum atomic E-state index is 12.9. The number of fused-ring (bicyclic) bond motifs is 1. The lowest BCUT2D eigenvalue weighted by Crippen LogP contribution is -2.49. The lowest BCUT2D eigenvalue weighted by molar-refractivity contribution is -0.142. The molecular weight excluding hydrogens is 342 g/mol. The monoisotopic (exact) mass is 361 g/mol. The van der Waals surface area contributed by atoms with Crippen LogP contribution in [0, 0.1) is 0 Å². The third-order valence-electron chi connectivity index (χ3n) is 4.88. The van der Waals surface area contributed by atoms with E-state index in [0.717, 1.165) is 17.0 Å². The van der Waals surface area contributed by atoms with Gasteiger partial charge in [0.15, 0.2) is 0 Å². The largest absolute Gasteiger partial charge is 0.480 e. The first kappa shape index (κ1) is 17.0. The van der Waals surface area contributed by atoms with E-state index in [4.69, 9.17) is 0 Å². The summed E-state index contributed by atoms with van der Waals surface area (Å²) in [6.45, 7) is 0.823. The molecule has 3 aromatic rings. The van der Waals surface area contributed by atoms with E-state index in [1.54, 1.807) is 30.6 Å². The fourth-order valence-corrected chi connectivity index (χ4v) is 3.48. The second-order valence-corrected chi connectivity index (χ2v) is 6.61. The second-order valence-electron chi connectivity index (χ2n) is 6.61. The molecule has 4 rings (SSSR count). The van der Waals surface area contributed by atoms with Crippen molar-refractivity contribution in [3.8, 4) is 0 Å². The first-order valence-corrected chi connectivity index (χ1v) is 8.79. The summed E-state index contributed by atoms with van der Waals surface area (Å²) in [7, 11) is 0. The summed E-state index contributed by atoms with van der Waals surface area (Å²) in [5.74, 6) is -1.29. The van der Waals surface area contributed by atoms with Crippen molar-refractivity contribution in [2.75, 3.05) is 0 Å². The fraction of sp³-hybridized carbons (Fsp3) is 0.190. The molecule has 0 fully saturated rings. The number of carboxylic acids is 1. The summed E-state index contributed by atoms with van der Waals surface area (Å²) in [5, 5.41) is 9.72. The van der Waals surface area contributed by atoms with E-state index in [-0.39, 0.29) is 18.9 Å². The summed E-state index contributed by atoms with van der Waals surface area (Å²) >= 11 is 0. The molecule has 1 amide bonds. The number of aliphatic carboxylic acids is 1. The van der Waals surface area contributed by atoms with Crippen LogP contribution >= 0.6 is 0 Å². The zero-order chi connectivity index (χ0) is 18.8. The van der Waals surface area contributed by atoms with E-state index >= 15 is 0 Å². The summed E-state index contributed by atoms with van der Waals surface area (Å²) in [5.41, 5.74) is 3.24. The Morgan fingerprint density at radius 1 is 1.04 bits per heavy atom. The van der Waals surface area contributed by atoms with Crippen molar-refractivity contribution in [3.05, 3.63) is 89.5 Å². The van der Waals surface area contributed by atoms with Crippen LogP contribution in [0.1, 0.15) is 27.3 Å². The SMILES string of the molecule is O=C(O)C1Cc2c(ncn2Cc2ccccc2)CN1C(=O)c1ccccc1. The summed E-state index contributed by atoms with van der Waals surface area (Å²) < 4.78 is 1.98. The molecule has 2 aromatic carbocycles. The number of aromatic nitrogens is 2. The number of amides is 1. The van der Waals surface area contributed by atoms with Crippen molar-refractivity contribution >= 4 is 11.9 Å². The minimum atomic E-state index is -1.00. The molecule has 0 spiro atoms. The van der Waals surface area contributed by atoms with Crippen LogP contribution in [0.4, 0.5) is 0 Å². The number of imidazole rings is 1. The molecule has 0 saturated heterocycles. The van der Waals surface area contributed by atoms with E-state index in [1.807, 2.05) is 41.0 Å². The standard InChI is InChI=1S/C21H19N3O3/c25-20(16-9-5-2-6-10-16)24-13-17-18(11-19(24)21(26)27)23(14-22-17)12-15-7-3-1-4-8-15/h1-10,14,19H,11-13H2,(H,26,27). The van der Waals surface area contributed by atoms with E-state index in [0.29, 0.717) is 12.1 Å². The second kappa shape index (κ2) is 7.07. The number of rotatable bonds is 4. The Morgan fingerprint density at radius 3 is 2.37 bits per heavy atom. The van der Waals surface area contributed by atoms with E-state index in [9.17, 15) is 14.7 Å². The van der Waals surface area contributed by atoms with Gasteiger partial charge in [0.25, 0.3) is 5.91 Å². The lowest BCUT2D eigenvalue weighted by atomic mass is 10.0. The van der Waals surface area contributed by atoms with E-state index < -0.39 is 12.0 Å². The van der Waals surface area contributed by atoms with Gasteiger partial charge < -0.3 is 14.6 Å². The van der Waals surface area contributed by atoms with Crippen molar-refractivity contribution in [2.24, 2.45) is 0 Å². The van der Waals surface area contributed by atoms with Gasteiger partial charge in [-0.1, -0.05) is 48.5 Å². The van der Waals surface area contributed by atoms with Crippen molar-refractivity contribution in [1.29, 1.82) is 0 Å². The van der Waals surface area contributed by atoms with Crippen molar-refractivity contribution in [3.63, 3.8) is 0 Å². The Kier molecular flexibility index (Phi) is 4.46. The number of carbonyl (C=O) groups excluding carboxylic acids is 1. The molecule has 0 saturated carbocycles.